The highest BCUT2D eigenvalue weighted by Crippen LogP contribution is 2.35. The summed E-state index contributed by atoms with van der Waals surface area (Å²) in [5.74, 6) is 9.97. The summed E-state index contributed by atoms with van der Waals surface area (Å²) in [5, 5.41) is 0. The monoisotopic (exact) mass is 275 g/mol. The van der Waals surface area contributed by atoms with E-state index in [1.165, 1.54) is 25.7 Å². The normalized spacial score (nSPS) is 18.1. The minimum Gasteiger partial charge on any atom is -0.356 e. The number of nitrogen functional groups attached to an aromatic ring is 1. The Morgan fingerprint density at radius 3 is 2.35 bits per heavy atom. The van der Waals surface area contributed by atoms with Gasteiger partial charge in [-0.1, -0.05) is 6.92 Å². The van der Waals surface area contributed by atoms with Crippen LogP contribution in [0.2, 0.25) is 0 Å². The highest BCUT2D eigenvalue weighted by molar-refractivity contribution is 5.49. The first-order valence-corrected chi connectivity index (χ1v) is 7.88. The molecule has 0 amide bonds. The van der Waals surface area contributed by atoms with Crippen molar-refractivity contribution in [3.8, 4) is 0 Å². The average Bonchev–Trinajstić information content (AvgIpc) is 3.33. The van der Waals surface area contributed by atoms with Crippen LogP contribution in [-0.4, -0.2) is 23.1 Å². The summed E-state index contributed by atoms with van der Waals surface area (Å²) in [6.07, 6.45) is 7.44. The van der Waals surface area contributed by atoms with E-state index in [0.29, 0.717) is 0 Å². The Balaban J connectivity index is 1.80. The van der Waals surface area contributed by atoms with Gasteiger partial charge in [0.05, 0.1) is 0 Å². The van der Waals surface area contributed by atoms with Crippen molar-refractivity contribution in [1.82, 2.24) is 9.97 Å². The Hall–Kier alpha value is -1.36. The van der Waals surface area contributed by atoms with Gasteiger partial charge in [0.25, 0.3) is 0 Å². The minimum atomic E-state index is 0.732. The second kappa shape index (κ2) is 5.95. The Morgan fingerprint density at radius 1 is 1.20 bits per heavy atom. The molecule has 0 atom stereocenters. The molecule has 1 aromatic rings. The highest BCUT2D eigenvalue weighted by atomic mass is 15.3. The second-order valence-corrected chi connectivity index (χ2v) is 6.21. The van der Waals surface area contributed by atoms with Crippen LogP contribution in [0.15, 0.2) is 6.07 Å². The van der Waals surface area contributed by atoms with E-state index in [2.05, 4.69) is 22.2 Å². The second-order valence-electron chi connectivity index (χ2n) is 6.21. The van der Waals surface area contributed by atoms with Gasteiger partial charge in [-0.15, -0.1) is 0 Å². The number of rotatable bonds is 8. The molecule has 2 aliphatic rings. The van der Waals surface area contributed by atoms with E-state index in [0.717, 1.165) is 55.2 Å². The lowest BCUT2D eigenvalue weighted by Crippen LogP contribution is -2.29. The van der Waals surface area contributed by atoms with Gasteiger partial charge in [-0.25, -0.2) is 15.8 Å². The van der Waals surface area contributed by atoms with Crippen LogP contribution in [0.25, 0.3) is 0 Å². The fraction of sp³-hybridized carbons (Fsp3) is 0.733. The third kappa shape index (κ3) is 3.60. The number of nitrogens with two attached hydrogens (primary N) is 1. The zero-order chi connectivity index (χ0) is 13.9. The molecule has 3 rings (SSSR count). The van der Waals surface area contributed by atoms with Gasteiger partial charge in [0, 0.05) is 25.6 Å². The third-order valence-electron chi connectivity index (χ3n) is 4.06. The molecule has 0 unspecified atom stereocenters. The minimum absolute atomic E-state index is 0.732. The van der Waals surface area contributed by atoms with Crippen molar-refractivity contribution in [2.75, 3.05) is 23.4 Å². The van der Waals surface area contributed by atoms with E-state index < -0.39 is 0 Å². The van der Waals surface area contributed by atoms with Crippen LogP contribution in [0.1, 0.15) is 44.9 Å². The van der Waals surface area contributed by atoms with Crippen molar-refractivity contribution in [3.05, 3.63) is 11.9 Å². The van der Waals surface area contributed by atoms with Gasteiger partial charge < -0.3 is 10.3 Å². The topological polar surface area (TPSA) is 67.1 Å². The summed E-state index contributed by atoms with van der Waals surface area (Å²) in [4.78, 5) is 11.6. The molecular formula is C15H25N5. The first-order chi connectivity index (χ1) is 9.78. The summed E-state index contributed by atoms with van der Waals surface area (Å²) in [5.41, 5.74) is 2.68. The SMILES string of the molecule is CCCc1nc(NN)cc(N(CC2CC2)CC2CC2)n1. The lowest BCUT2D eigenvalue weighted by atomic mass is 10.3. The molecule has 2 saturated carbocycles. The summed E-state index contributed by atoms with van der Waals surface area (Å²) >= 11 is 0. The summed E-state index contributed by atoms with van der Waals surface area (Å²) in [6, 6.07) is 1.99. The first-order valence-electron chi connectivity index (χ1n) is 7.88. The first kappa shape index (κ1) is 13.6. The van der Waals surface area contributed by atoms with Crippen molar-refractivity contribution < 1.29 is 0 Å². The van der Waals surface area contributed by atoms with E-state index in [1.54, 1.807) is 0 Å². The van der Waals surface area contributed by atoms with Gasteiger partial charge in [-0.2, -0.15) is 0 Å². The van der Waals surface area contributed by atoms with E-state index in [1.807, 2.05) is 6.07 Å². The zero-order valence-electron chi connectivity index (χ0n) is 12.3. The number of nitrogens with one attached hydrogen (secondary N) is 1. The number of nitrogens with zero attached hydrogens (tertiary/aromatic N) is 3. The largest absolute Gasteiger partial charge is 0.356 e. The smallest absolute Gasteiger partial charge is 0.145 e. The molecule has 2 aliphatic carbocycles. The maximum Gasteiger partial charge on any atom is 0.145 e. The van der Waals surface area contributed by atoms with Crippen molar-refractivity contribution in [2.45, 2.75) is 45.4 Å². The van der Waals surface area contributed by atoms with Crippen LogP contribution in [0.5, 0.6) is 0 Å². The molecule has 110 valence electrons. The fourth-order valence-corrected chi connectivity index (χ4v) is 2.54. The van der Waals surface area contributed by atoms with Crippen molar-refractivity contribution >= 4 is 11.6 Å². The van der Waals surface area contributed by atoms with Crippen LogP contribution in [0.3, 0.4) is 0 Å². The van der Waals surface area contributed by atoms with E-state index >= 15 is 0 Å². The molecular weight excluding hydrogens is 250 g/mol. The zero-order valence-corrected chi connectivity index (χ0v) is 12.3. The van der Waals surface area contributed by atoms with E-state index in [9.17, 15) is 0 Å². The lowest BCUT2D eigenvalue weighted by Gasteiger charge is -2.24. The van der Waals surface area contributed by atoms with Crippen LogP contribution in [0.4, 0.5) is 11.6 Å². The van der Waals surface area contributed by atoms with Crippen LogP contribution in [0, 0.1) is 11.8 Å². The third-order valence-corrected chi connectivity index (χ3v) is 4.06. The van der Waals surface area contributed by atoms with E-state index in [-0.39, 0.29) is 0 Å². The summed E-state index contributed by atoms with van der Waals surface area (Å²) in [6.45, 7) is 4.43. The molecule has 2 fully saturated rings. The molecule has 5 nitrogen and oxygen atoms in total. The number of hydrogen-bond acceptors (Lipinski definition) is 5. The molecule has 0 aliphatic heterocycles. The molecule has 1 aromatic heterocycles. The lowest BCUT2D eigenvalue weighted by molar-refractivity contribution is 0.666. The van der Waals surface area contributed by atoms with Crippen LogP contribution in [-0.2, 0) is 6.42 Å². The van der Waals surface area contributed by atoms with Crippen molar-refractivity contribution in [2.24, 2.45) is 17.7 Å². The van der Waals surface area contributed by atoms with E-state index in [4.69, 9.17) is 10.8 Å². The number of aromatic nitrogens is 2. The quantitative estimate of drug-likeness (QED) is 0.563. The van der Waals surface area contributed by atoms with Gasteiger partial charge in [0.2, 0.25) is 0 Å². The number of hydrogen-bond donors (Lipinski definition) is 2. The molecule has 1 heterocycles. The van der Waals surface area contributed by atoms with Gasteiger partial charge in [-0.05, 0) is 43.9 Å². The van der Waals surface area contributed by atoms with Gasteiger partial charge in [0.1, 0.15) is 17.5 Å². The highest BCUT2D eigenvalue weighted by Gasteiger charge is 2.30. The van der Waals surface area contributed by atoms with Crippen LogP contribution < -0.4 is 16.2 Å². The summed E-state index contributed by atoms with van der Waals surface area (Å²) in [7, 11) is 0. The number of hydrazine groups is 1. The van der Waals surface area contributed by atoms with Gasteiger partial charge >= 0.3 is 0 Å². The molecule has 5 heteroatoms. The Morgan fingerprint density at radius 2 is 1.85 bits per heavy atom. The molecule has 3 N–H and O–H groups in total. The van der Waals surface area contributed by atoms with Crippen LogP contribution >= 0.6 is 0 Å². The predicted octanol–water partition coefficient (Wildman–Crippen LogP) is 2.34. The Kier molecular flexibility index (Phi) is 4.05. The van der Waals surface area contributed by atoms with Crippen molar-refractivity contribution in [3.63, 3.8) is 0 Å². The Labute approximate surface area is 120 Å². The predicted molar refractivity (Wildman–Crippen MR) is 81.5 cm³/mol. The molecule has 0 saturated heterocycles. The Bertz CT molecular complexity index is 440. The standard InChI is InChI=1S/C15H25N5/c1-2-3-13-17-14(19-16)8-15(18-13)20(9-11-4-5-11)10-12-6-7-12/h8,11-12H,2-7,9-10,16H2,1H3,(H,17,18,19). The maximum absolute atomic E-state index is 5.55. The average molecular weight is 275 g/mol. The maximum atomic E-state index is 5.55. The molecule has 0 bridgehead atoms. The molecule has 0 spiro atoms. The number of aryl methyl sites for hydroxylation is 1. The fourth-order valence-electron chi connectivity index (χ4n) is 2.54. The number of anilines is 2. The van der Waals surface area contributed by atoms with Gasteiger partial charge in [0.15, 0.2) is 0 Å². The molecule has 0 aromatic carbocycles. The summed E-state index contributed by atoms with van der Waals surface area (Å²) < 4.78 is 0. The molecule has 20 heavy (non-hydrogen) atoms. The molecule has 0 radical (unpaired) electrons. The van der Waals surface area contributed by atoms with Crippen molar-refractivity contribution in [1.29, 1.82) is 0 Å². The van der Waals surface area contributed by atoms with Gasteiger partial charge in [-0.3, -0.25) is 0 Å².